The molecule has 0 atom stereocenters. The first kappa shape index (κ1) is 25.7. The SMILES string of the molecule is CC(C)Oc1ccc(NC(=NCC(=O)N2CCCC2)NCCCOCC2CC2)cc1.I. The molecule has 8 heteroatoms. The highest BCUT2D eigenvalue weighted by molar-refractivity contribution is 14.0. The molecule has 31 heavy (non-hydrogen) atoms. The smallest absolute Gasteiger partial charge is 0.244 e. The number of rotatable bonds is 11. The summed E-state index contributed by atoms with van der Waals surface area (Å²) in [6.07, 6.45) is 5.83. The van der Waals surface area contributed by atoms with Gasteiger partial charge in [-0.3, -0.25) is 4.79 Å². The number of carbonyl (C=O) groups is 1. The summed E-state index contributed by atoms with van der Waals surface area (Å²) in [6.45, 7) is 8.23. The number of carbonyl (C=O) groups excluding carboxylic acids is 1. The Labute approximate surface area is 203 Å². The largest absolute Gasteiger partial charge is 0.491 e. The van der Waals surface area contributed by atoms with E-state index in [9.17, 15) is 4.79 Å². The fourth-order valence-corrected chi connectivity index (χ4v) is 3.29. The lowest BCUT2D eigenvalue weighted by Gasteiger charge is -2.16. The topological polar surface area (TPSA) is 75.2 Å². The van der Waals surface area contributed by atoms with Gasteiger partial charge in [0.15, 0.2) is 5.96 Å². The van der Waals surface area contributed by atoms with Gasteiger partial charge in [-0.1, -0.05) is 0 Å². The first-order valence-electron chi connectivity index (χ1n) is 11.3. The van der Waals surface area contributed by atoms with E-state index in [0.717, 1.165) is 69.5 Å². The Kier molecular flexibility index (Phi) is 11.4. The van der Waals surface area contributed by atoms with Crippen molar-refractivity contribution in [3.05, 3.63) is 24.3 Å². The average Bonchev–Trinajstić information content (AvgIpc) is 3.38. The van der Waals surface area contributed by atoms with Crippen molar-refractivity contribution in [2.45, 2.75) is 52.1 Å². The number of hydrogen-bond acceptors (Lipinski definition) is 4. The number of hydrogen-bond donors (Lipinski definition) is 2. The second-order valence-corrected chi connectivity index (χ2v) is 8.37. The number of aliphatic imine (C=N–C) groups is 1. The fraction of sp³-hybridized carbons (Fsp3) is 0.652. The lowest BCUT2D eigenvalue weighted by molar-refractivity contribution is -0.128. The van der Waals surface area contributed by atoms with Crippen LogP contribution >= 0.6 is 24.0 Å². The van der Waals surface area contributed by atoms with E-state index in [2.05, 4.69) is 15.6 Å². The van der Waals surface area contributed by atoms with Gasteiger partial charge in [-0.15, -0.1) is 24.0 Å². The molecule has 0 bridgehead atoms. The van der Waals surface area contributed by atoms with Crippen LogP contribution in [0.2, 0.25) is 0 Å². The van der Waals surface area contributed by atoms with Crippen molar-refractivity contribution in [1.29, 1.82) is 0 Å². The van der Waals surface area contributed by atoms with E-state index < -0.39 is 0 Å². The van der Waals surface area contributed by atoms with Gasteiger partial charge in [0.2, 0.25) is 5.91 Å². The standard InChI is InChI=1S/C23H36N4O3.HI/c1-18(2)30-21-10-8-20(9-11-21)26-23(24-12-5-15-29-17-19-6-7-19)25-16-22(28)27-13-3-4-14-27;/h8-11,18-19H,3-7,12-17H2,1-2H3,(H2,24,25,26);1H. The summed E-state index contributed by atoms with van der Waals surface area (Å²) < 4.78 is 11.4. The Morgan fingerprint density at radius 1 is 1.19 bits per heavy atom. The van der Waals surface area contributed by atoms with E-state index in [1.807, 2.05) is 43.0 Å². The fourth-order valence-electron chi connectivity index (χ4n) is 3.29. The summed E-state index contributed by atoms with van der Waals surface area (Å²) in [7, 11) is 0. The van der Waals surface area contributed by atoms with Crippen molar-refractivity contribution >= 4 is 41.5 Å². The van der Waals surface area contributed by atoms with Gasteiger partial charge in [-0.25, -0.2) is 4.99 Å². The molecule has 1 saturated heterocycles. The Hall–Kier alpha value is -1.55. The zero-order valence-electron chi connectivity index (χ0n) is 18.8. The Morgan fingerprint density at radius 3 is 2.55 bits per heavy atom. The molecule has 0 radical (unpaired) electrons. The molecule has 1 heterocycles. The lowest BCUT2D eigenvalue weighted by atomic mass is 10.3. The molecule has 0 spiro atoms. The van der Waals surface area contributed by atoms with Crippen LogP contribution in [0.4, 0.5) is 5.69 Å². The van der Waals surface area contributed by atoms with Crippen LogP contribution in [0.3, 0.4) is 0 Å². The molecule has 2 aliphatic rings. The molecule has 0 unspecified atom stereocenters. The maximum atomic E-state index is 12.4. The second-order valence-electron chi connectivity index (χ2n) is 8.37. The summed E-state index contributed by atoms with van der Waals surface area (Å²) in [5, 5.41) is 6.62. The van der Waals surface area contributed by atoms with Crippen molar-refractivity contribution in [2.75, 3.05) is 44.7 Å². The number of anilines is 1. The van der Waals surface area contributed by atoms with E-state index in [0.29, 0.717) is 5.96 Å². The molecule has 7 nitrogen and oxygen atoms in total. The van der Waals surface area contributed by atoms with E-state index in [1.165, 1.54) is 12.8 Å². The average molecular weight is 544 g/mol. The van der Waals surface area contributed by atoms with E-state index in [4.69, 9.17) is 9.47 Å². The molecule has 1 aliphatic carbocycles. The summed E-state index contributed by atoms with van der Waals surface area (Å²) >= 11 is 0. The third kappa shape index (κ3) is 10.1. The van der Waals surface area contributed by atoms with Crippen molar-refractivity contribution in [1.82, 2.24) is 10.2 Å². The van der Waals surface area contributed by atoms with Crippen LogP contribution < -0.4 is 15.4 Å². The minimum absolute atomic E-state index is 0. The number of benzene rings is 1. The normalized spacial score (nSPS) is 16.2. The van der Waals surface area contributed by atoms with E-state index in [-0.39, 0.29) is 42.5 Å². The number of halogens is 1. The van der Waals surface area contributed by atoms with E-state index >= 15 is 0 Å². The Morgan fingerprint density at radius 2 is 1.90 bits per heavy atom. The van der Waals surface area contributed by atoms with Gasteiger partial charge in [-0.05, 0) is 76.1 Å². The molecule has 1 saturated carbocycles. The molecule has 2 fully saturated rings. The lowest BCUT2D eigenvalue weighted by Crippen LogP contribution is -2.35. The van der Waals surface area contributed by atoms with Gasteiger partial charge in [-0.2, -0.15) is 0 Å². The minimum Gasteiger partial charge on any atom is -0.491 e. The van der Waals surface area contributed by atoms with Gasteiger partial charge >= 0.3 is 0 Å². The van der Waals surface area contributed by atoms with Crippen molar-refractivity contribution in [2.24, 2.45) is 10.9 Å². The summed E-state index contributed by atoms with van der Waals surface area (Å²) in [6, 6.07) is 7.77. The van der Waals surface area contributed by atoms with Crippen LogP contribution in [0.5, 0.6) is 5.75 Å². The number of nitrogens with zero attached hydrogens (tertiary/aromatic N) is 2. The molecule has 1 amide bonds. The molecule has 3 rings (SSSR count). The van der Waals surface area contributed by atoms with Crippen LogP contribution in [0.25, 0.3) is 0 Å². The summed E-state index contributed by atoms with van der Waals surface area (Å²) in [5.41, 5.74) is 0.899. The highest BCUT2D eigenvalue weighted by Crippen LogP contribution is 2.28. The quantitative estimate of drug-likeness (QED) is 0.192. The van der Waals surface area contributed by atoms with Gasteiger partial charge < -0.3 is 25.0 Å². The van der Waals surface area contributed by atoms with Crippen LogP contribution in [0, 0.1) is 5.92 Å². The molecular weight excluding hydrogens is 507 g/mol. The van der Waals surface area contributed by atoms with Crippen LogP contribution in [-0.2, 0) is 9.53 Å². The molecule has 0 aromatic heterocycles. The number of guanidine groups is 1. The molecule has 174 valence electrons. The summed E-state index contributed by atoms with van der Waals surface area (Å²) in [4.78, 5) is 18.8. The molecule has 1 aromatic carbocycles. The third-order valence-corrected chi connectivity index (χ3v) is 5.13. The summed E-state index contributed by atoms with van der Waals surface area (Å²) in [5.74, 6) is 2.32. The first-order valence-corrected chi connectivity index (χ1v) is 11.3. The van der Waals surface area contributed by atoms with Crippen LogP contribution in [-0.4, -0.2) is 62.3 Å². The predicted octanol–water partition coefficient (Wildman–Crippen LogP) is 3.89. The van der Waals surface area contributed by atoms with Crippen molar-refractivity contribution in [3.63, 3.8) is 0 Å². The Balaban J connectivity index is 0.00000341. The number of nitrogens with one attached hydrogen (secondary N) is 2. The molecule has 2 N–H and O–H groups in total. The van der Waals surface area contributed by atoms with Crippen molar-refractivity contribution < 1.29 is 14.3 Å². The monoisotopic (exact) mass is 544 g/mol. The van der Waals surface area contributed by atoms with E-state index in [1.54, 1.807) is 0 Å². The van der Waals surface area contributed by atoms with Gasteiger partial charge in [0, 0.05) is 38.5 Å². The first-order chi connectivity index (χ1) is 14.6. The Bertz CT molecular complexity index is 687. The number of likely N-dealkylation sites (tertiary alicyclic amines) is 1. The van der Waals surface area contributed by atoms with Gasteiger partial charge in [0.05, 0.1) is 6.10 Å². The number of ether oxygens (including phenoxy) is 2. The zero-order chi connectivity index (χ0) is 21.2. The van der Waals surface area contributed by atoms with Crippen LogP contribution in [0.15, 0.2) is 29.3 Å². The van der Waals surface area contributed by atoms with Gasteiger partial charge in [0.25, 0.3) is 0 Å². The number of amides is 1. The maximum absolute atomic E-state index is 12.4. The molecule has 1 aromatic rings. The second kappa shape index (κ2) is 13.8. The minimum atomic E-state index is 0. The zero-order valence-corrected chi connectivity index (χ0v) is 21.1. The highest BCUT2D eigenvalue weighted by atomic mass is 127. The van der Waals surface area contributed by atoms with Crippen molar-refractivity contribution in [3.8, 4) is 5.75 Å². The maximum Gasteiger partial charge on any atom is 0.244 e. The third-order valence-electron chi connectivity index (χ3n) is 5.13. The highest BCUT2D eigenvalue weighted by Gasteiger charge is 2.21. The molecule has 1 aliphatic heterocycles. The molecular formula is C23H37IN4O3. The van der Waals surface area contributed by atoms with Crippen LogP contribution in [0.1, 0.15) is 46.0 Å². The van der Waals surface area contributed by atoms with Gasteiger partial charge in [0.1, 0.15) is 12.3 Å². The predicted molar refractivity (Wildman–Crippen MR) is 136 cm³/mol.